The summed E-state index contributed by atoms with van der Waals surface area (Å²) >= 11 is 0. The molecule has 1 unspecified atom stereocenters. The molecule has 26 heavy (non-hydrogen) atoms. The second-order valence-electron chi connectivity index (χ2n) is 5.82. The summed E-state index contributed by atoms with van der Waals surface area (Å²) in [7, 11) is 0. The van der Waals surface area contributed by atoms with Crippen molar-refractivity contribution in [3.8, 4) is 0 Å². The monoisotopic (exact) mass is 364 g/mol. The minimum Gasteiger partial charge on any atom is -0.337 e. The van der Waals surface area contributed by atoms with Gasteiger partial charge in [0.05, 0.1) is 0 Å². The Morgan fingerprint density at radius 3 is 2.42 bits per heavy atom. The molecular formula is C17H15F3N4O2. The van der Waals surface area contributed by atoms with E-state index < -0.39 is 29.2 Å². The van der Waals surface area contributed by atoms with E-state index in [4.69, 9.17) is 0 Å². The fourth-order valence-corrected chi connectivity index (χ4v) is 2.74. The van der Waals surface area contributed by atoms with Crippen LogP contribution in [0.5, 0.6) is 0 Å². The quantitative estimate of drug-likeness (QED) is 0.879. The van der Waals surface area contributed by atoms with E-state index in [0.29, 0.717) is 30.7 Å². The molecule has 6 nitrogen and oxygen atoms in total. The molecule has 0 aliphatic carbocycles. The second-order valence-corrected chi connectivity index (χ2v) is 5.82. The van der Waals surface area contributed by atoms with Crippen molar-refractivity contribution in [2.75, 3.05) is 18.4 Å². The number of likely N-dealkylation sites (tertiary alicyclic amines) is 1. The van der Waals surface area contributed by atoms with E-state index in [0.717, 1.165) is 0 Å². The Hall–Kier alpha value is -3.10. The van der Waals surface area contributed by atoms with Gasteiger partial charge in [0.15, 0.2) is 11.6 Å². The van der Waals surface area contributed by atoms with Crippen LogP contribution in [0, 0.1) is 17.5 Å². The molecule has 1 aliphatic heterocycles. The van der Waals surface area contributed by atoms with Crippen LogP contribution in [0.3, 0.4) is 0 Å². The summed E-state index contributed by atoms with van der Waals surface area (Å²) in [4.78, 5) is 29.7. The molecule has 1 fully saturated rings. The van der Waals surface area contributed by atoms with E-state index in [1.807, 2.05) is 5.32 Å². The number of amides is 3. The van der Waals surface area contributed by atoms with E-state index in [9.17, 15) is 22.8 Å². The minimum absolute atomic E-state index is 0.187. The van der Waals surface area contributed by atoms with Gasteiger partial charge in [-0.3, -0.25) is 9.78 Å². The van der Waals surface area contributed by atoms with Crippen molar-refractivity contribution in [2.45, 2.75) is 12.5 Å². The molecule has 1 aromatic heterocycles. The number of carbonyl (C=O) groups is 2. The first-order chi connectivity index (χ1) is 12.4. The fraction of sp³-hybridized carbons (Fsp3) is 0.235. The molecule has 136 valence electrons. The topological polar surface area (TPSA) is 74.3 Å². The van der Waals surface area contributed by atoms with Gasteiger partial charge in [-0.2, -0.15) is 0 Å². The maximum atomic E-state index is 13.6. The SMILES string of the molecule is O=C(Nc1c(F)cc(F)cc1F)NC1CCN(C(=O)c2ccncc2)C1. The predicted molar refractivity (Wildman–Crippen MR) is 87.0 cm³/mol. The molecule has 9 heteroatoms. The van der Waals surface area contributed by atoms with E-state index in [1.165, 1.54) is 12.4 Å². The van der Waals surface area contributed by atoms with Crippen molar-refractivity contribution in [3.63, 3.8) is 0 Å². The van der Waals surface area contributed by atoms with Crippen molar-refractivity contribution in [1.29, 1.82) is 0 Å². The van der Waals surface area contributed by atoms with Crippen LogP contribution in [0.2, 0.25) is 0 Å². The summed E-state index contributed by atoms with van der Waals surface area (Å²) in [5.74, 6) is -3.68. The van der Waals surface area contributed by atoms with Crippen LogP contribution in [0.25, 0.3) is 0 Å². The second kappa shape index (κ2) is 7.42. The molecule has 0 spiro atoms. The van der Waals surface area contributed by atoms with Gasteiger partial charge < -0.3 is 15.5 Å². The van der Waals surface area contributed by atoms with Gasteiger partial charge in [-0.25, -0.2) is 18.0 Å². The maximum Gasteiger partial charge on any atom is 0.319 e. The molecule has 0 bridgehead atoms. The summed E-state index contributed by atoms with van der Waals surface area (Å²) < 4.78 is 40.0. The van der Waals surface area contributed by atoms with Crippen molar-refractivity contribution in [1.82, 2.24) is 15.2 Å². The Morgan fingerprint density at radius 1 is 1.12 bits per heavy atom. The summed E-state index contributed by atoms with van der Waals surface area (Å²) in [5, 5.41) is 4.58. The molecule has 1 saturated heterocycles. The molecule has 1 atom stereocenters. The van der Waals surface area contributed by atoms with Crippen molar-refractivity contribution in [3.05, 3.63) is 59.7 Å². The summed E-state index contributed by atoms with van der Waals surface area (Å²) in [6.07, 6.45) is 3.52. The Bertz CT molecular complexity index is 809. The molecule has 1 aliphatic rings. The number of aromatic nitrogens is 1. The highest BCUT2D eigenvalue weighted by Crippen LogP contribution is 2.20. The highest BCUT2D eigenvalue weighted by atomic mass is 19.1. The Kier molecular flexibility index (Phi) is 5.06. The van der Waals surface area contributed by atoms with Gasteiger partial charge in [-0.05, 0) is 18.6 Å². The minimum atomic E-state index is -1.21. The Balaban J connectivity index is 1.57. The van der Waals surface area contributed by atoms with Crippen LogP contribution in [0.4, 0.5) is 23.7 Å². The lowest BCUT2D eigenvalue weighted by atomic mass is 10.2. The van der Waals surface area contributed by atoms with Gasteiger partial charge in [0, 0.05) is 49.2 Å². The third kappa shape index (κ3) is 3.93. The third-order valence-electron chi connectivity index (χ3n) is 3.98. The number of nitrogens with zero attached hydrogens (tertiary/aromatic N) is 2. The van der Waals surface area contributed by atoms with Crippen LogP contribution in [-0.4, -0.2) is 41.0 Å². The van der Waals surface area contributed by atoms with Gasteiger partial charge in [-0.15, -0.1) is 0 Å². The van der Waals surface area contributed by atoms with Crippen LogP contribution in [0.1, 0.15) is 16.8 Å². The highest BCUT2D eigenvalue weighted by Gasteiger charge is 2.28. The number of nitrogens with one attached hydrogen (secondary N) is 2. The lowest BCUT2D eigenvalue weighted by molar-refractivity contribution is 0.0789. The largest absolute Gasteiger partial charge is 0.337 e. The van der Waals surface area contributed by atoms with Gasteiger partial charge in [-0.1, -0.05) is 0 Å². The van der Waals surface area contributed by atoms with E-state index in [-0.39, 0.29) is 18.5 Å². The van der Waals surface area contributed by atoms with Crippen LogP contribution in [0.15, 0.2) is 36.7 Å². The first kappa shape index (κ1) is 17.7. The lowest BCUT2D eigenvalue weighted by Crippen LogP contribution is -2.41. The van der Waals surface area contributed by atoms with E-state index in [2.05, 4.69) is 10.3 Å². The van der Waals surface area contributed by atoms with Gasteiger partial charge in [0.2, 0.25) is 0 Å². The number of anilines is 1. The third-order valence-corrected chi connectivity index (χ3v) is 3.98. The molecule has 2 heterocycles. The molecule has 3 rings (SSSR count). The first-order valence-electron chi connectivity index (χ1n) is 7.85. The summed E-state index contributed by atoms with van der Waals surface area (Å²) in [6, 6.07) is 2.93. The summed E-state index contributed by atoms with van der Waals surface area (Å²) in [6.45, 7) is 0.703. The van der Waals surface area contributed by atoms with Crippen LogP contribution < -0.4 is 10.6 Å². The number of halogens is 3. The number of rotatable bonds is 3. The molecule has 0 saturated carbocycles. The zero-order valence-electron chi connectivity index (χ0n) is 13.5. The molecular weight excluding hydrogens is 349 g/mol. The molecule has 1 aromatic carbocycles. The fourth-order valence-electron chi connectivity index (χ4n) is 2.74. The Labute approximate surface area is 147 Å². The maximum absolute atomic E-state index is 13.6. The number of hydrogen-bond donors (Lipinski definition) is 2. The van der Waals surface area contributed by atoms with Gasteiger partial charge >= 0.3 is 6.03 Å². The molecule has 3 amide bonds. The molecule has 0 radical (unpaired) electrons. The van der Waals surface area contributed by atoms with E-state index in [1.54, 1.807) is 17.0 Å². The number of hydrogen-bond acceptors (Lipinski definition) is 3. The van der Waals surface area contributed by atoms with Gasteiger partial charge in [0.1, 0.15) is 11.5 Å². The van der Waals surface area contributed by atoms with Crippen molar-refractivity contribution >= 4 is 17.6 Å². The van der Waals surface area contributed by atoms with Crippen LogP contribution in [-0.2, 0) is 0 Å². The smallest absolute Gasteiger partial charge is 0.319 e. The molecule has 2 aromatic rings. The highest BCUT2D eigenvalue weighted by molar-refractivity contribution is 5.94. The number of urea groups is 1. The zero-order chi connectivity index (χ0) is 18.7. The standard InChI is InChI=1S/C17H15F3N4O2/c18-11-7-13(19)15(14(20)8-11)23-17(26)22-12-3-6-24(9-12)16(25)10-1-4-21-5-2-10/h1-2,4-5,7-8,12H,3,6,9H2,(H2,22,23,26). The predicted octanol–water partition coefficient (Wildman–Crippen LogP) is 2.54. The first-order valence-corrected chi connectivity index (χ1v) is 7.85. The summed E-state index contributed by atoms with van der Waals surface area (Å²) in [5.41, 5.74) is -0.243. The van der Waals surface area contributed by atoms with Crippen molar-refractivity contribution < 1.29 is 22.8 Å². The van der Waals surface area contributed by atoms with Crippen LogP contribution >= 0.6 is 0 Å². The van der Waals surface area contributed by atoms with E-state index >= 15 is 0 Å². The Morgan fingerprint density at radius 2 is 1.77 bits per heavy atom. The zero-order valence-corrected chi connectivity index (χ0v) is 13.5. The number of carbonyl (C=O) groups excluding carboxylic acids is 2. The molecule has 2 N–H and O–H groups in total. The number of pyridine rings is 1. The van der Waals surface area contributed by atoms with Gasteiger partial charge in [0.25, 0.3) is 5.91 Å². The van der Waals surface area contributed by atoms with Crippen molar-refractivity contribution in [2.24, 2.45) is 0 Å². The average Bonchev–Trinajstić information content (AvgIpc) is 3.06. The average molecular weight is 364 g/mol. The number of benzene rings is 1. The lowest BCUT2D eigenvalue weighted by Gasteiger charge is -2.17. The normalized spacial score (nSPS) is 16.4.